The van der Waals surface area contributed by atoms with Crippen LogP contribution in [0.3, 0.4) is 0 Å². The highest BCUT2D eigenvalue weighted by Crippen LogP contribution is 2.39. The van der Waals surface area contributed by atoms with Crippen molar-refractivity contribution in [3.8, 4) is 17.2 Å². The Balaban J connectivity index is 0.000000265. The summed E-state index contributed by atoms with van der Waals surface area (Å²) in [6.45, 7) is 6.61. The van der Waals surface area contributed by atoms with Crippen LogP contribution in [0.1, 0.15) is 80.0 Å². The molecule has 6 rings (SSSR count). The second kappa shape index (κ2) is 18.6. The fourth-order valence-corrected chi connectivity index (χ4v) is 7.36. The molecule has 0 spiro atoms. The molecule has 3 aromatic carbocycles. The summed E-state index contributed by atoms with van der Waals surface area (Å²) in [5.41, 5.74) is 6.09. The number of aromatic nitrogens is 2. The van der Waals surface area contributed by atoms with Crippen molar-refractivity contribution in [2.45, 2.75) is 65.3 Å². The van der Waals surface area contributed by atoms with Gasteiger partial charge in [-0.25, -0.2) is 9.48 Å². The highest BCUT2D eigenvalue weighted by Gasteiger charge is 2.39. The highest BCUT2D eigenvalue weighted by molar-refractivity contribution is 6.43. The van der Waals surface area contributed by atoms with E-state index >= 15 is 0 Å². The maximum absolute atomic E-state index is 12.7. The summed E-state index contributed by atoms with van der Waals surface area (Å²) < 4.78 is 12.9. The molecule has 2 unspecified atom stereocenters. The maximum Gasteiger partial charge on any atom is 0.360 e. The van der Waals surface area contributed by atoms with Crippen LogP contribution in [0.4, 0.5) is 11.4 Å². The van der Waals surface area contributed by atoms with Crippen LogP contribution in [-0.4, -0.2) is 82.8 Å². The van der Waals surface area contributed by atoms with E-state index in [9.17, 15) is 19.5 Å². The molecular weight excluding hydrogens is 713 g/mol. The van der Waals surface area contributed by atoms with Crippen LogP contribution in [0.2, 0.25) is 0 Å². The molecule has 2 aliphatic rings. The maximum atomic E-state index is 12.7. The standard InChI is InChI=1S/C29H36N4O4.C14H16N2O3/c1-20-19-33(24-11-7-8-12-25(24)37-3)31-27(20)28(21-9-5-4-6-10-21)30-23-15-13-22(14-16-23)29(36)32(2)18-17-26(34)35;1-4-16(9-10(2)13(15-16)14(17)18)11-7-5-6-8-12(11)19-3/h7-8,11-16,19,21,28,30H,4-6,9-10,17-18H2,1-3H3,(H,34,35);5-9H,4H2,1-3H3/p+1. The van der Waals surface area contributed by atoms with Crippen molar-refractivity contribution in [1.29, 1.82) is 0 Å². The molecule has 13 heteroatoms. The van der Waals surface area contributed by atoms with E-state index in [-0.39, 0.29) is 35.2 Å². The monoisotopic (exact) mass is 765 g/mol. The van der Waals surface area contributed by atoms with Gasteiger partial charge in [-0.05, 0) is 87.6 Å². The molecule has 13 nitrogen and oxygen atoms in total. The van der Waals surface area contributed by atoms with E-state index in [1.165, 1.54) is 24.2 Å². The fourth-order valence-electron chi connectivity index (χ4n) is 7.36. The zero-order valence-corrected chi connectivity index (χ0v) is 33.1. The first-order valence-electron chi connectivity index (χ1n) is 19.0. The summed E-state index contributed by atoms with van der Waals surface area (Å²) in [7, 11) is 4.89. The Hall–Kier alpha value is -5.95. The third-order valence-electron chi connectivity index (χ3n) is 10.4. The molecule has 2 atom stereocenters. The fraction of sp³-hybridized carbons (Fsp3) is 0.372. The van der Waals surface area contributed by atoms with Crippen molar-refractivity contribution < 1.29 is 34.1 Å². The van der Waals surface area contributed by atoms with Crippen LogP contribution in [0.15, 0.2) is 95.9 Å². The third-order valence-corrected chi connectivity index (χ3v) is 10.4. The van der Waals surface area contributed by atoms with E-state index < -0.39 is 11.9 Å². The molecule has 0 saturated heterocycles. The smallest absolute Gasteiger partial charge is 0.360 e. The van der Waals surface area contributed by atoms with E-state index in [0.717, 1.165) is 46.9 Å². The molecule has 0 bridgehead atoms. The molecule has 0 radical (unpaired) electrons. The Morgan fingerprint density at radius 3 is 2.18 bits per heavy atom. The number of hydrogen-bond acceptors (Lipinski definition) is 8. The molecule has 1 aromatic heterocycles. The van der Waals surface area contributed by atoms with E-state index in [1.54, 1.807) is 40.3 Å². The zero-order chi connectivity index (χ0) is 40.4. The number of rotatable bonds is 14. The number of aliphatic carboxylic acids is 2. The van der Waals surface area contributed by atoms with E-state index in [0.29, 0.717) is 29.3 Å². The van der Waals surface area contributed by atoms with Crippen molar-refractivity contribution in [2.24, 2.45) is 11.0 Å². The van der Waals surface area contributed by atoms with Crippen LogP contribution >= 0.6 is 0 Å². The Kier molecular flexibility index (Phi) is 13.7. The zero-order valence-electron chi connectivity index (χ0n) is 33.1. The first-order chi connectivity index (χ1) is 26.9. The van der Waals surface area contributed by atoms with Gasteiger partial charge in [-0.2, -0.15) is 5.10 Å². The van der Waals surface area contributed by atoms with Gasteiger partial charge in [0.1, 0.15) is 24.2 Å². The molecule has 56 heavy (non-hydrogen) atoms. The first-order valence-corrected chi connectivity index (χ1v) is 19.0. The van der Waals surface area contributed by atoms with E-state index in [4.69, 9.17) is 19.7 Å². The average molecular weight is 766 g/mol. The van der Waals surface area contributed by atoms with Gasteiger partial charge in [-0.15, -0.1) is 4.59 Å². The number of anilines is 1. The van der Waals surface area contributed by atoms with Gasteiger partial charge in [0, 0.05) is 42.7 Å². The quantitative estimate of drug-likeness (QED) is 0.109. The van der Waals surface area contributed by atoms with Crippen LogP contribution in [0, 0.1) is 12.8 Å². The molecule has 1 fully saturated rings. The number of carboxylic acid groups (broad SMARTS) is 2. The largest absolute Gasteiger partial charge is 0.494 e. The Morgan fingerprint density at radius 2 is 1.57 bits per heavy atom. The lowest BCUT2D eigenvalue weighted by molar-refractivity contribution is -0.137. The SMILES string of the molecule is CC[N+]1(c2ccccc2OC)C=C(C)C(C(=O)O)=N1.COc1ccccc1-n1cc(C)c(C(Nc2ccc(C(=O)N(C)CCC(=O)O)cc2)C2CCCCC2)n1. The number of nitrogens with one attached hydrogen (secondary N) is 1. The lowest BCUT2D eigenvalue weighted by Crippen LogP contribution is -2.36. The van der Waals surface area contributed by atoms with Crippen LogP contribution in [0.25, 0.3) is 5.69 Å². The number of amides is 1. The number of para-hydroxylation sites is 4. The van der Waals surface area contributed by atoms with Gasteiger partial charge in [0.15, 0.2) is 5.75 Å². The van der Waals surface area contributed by atoms with E-state index in [2.05, 4.69) is 23.5 Å². The Labute approximate surface area is 328 Å². The summed E-state index contributed by atoms with van der Waals surface area (Å²) in [5, 5.41) is 31.2. The number of aryl methyl sites for hydroxylation is 1. The molecule has 2 heterocycles. The lowest BCUT2D eigenvalue weighted by atomic mass is 9.82. The van der Waals surface area contributed by atoms with Crippen molar-refractivity contribution in [3.63, 3.8) is 0 Å². The summed E-state index contributed by atoms with van der Waals surface area (Å²) in [6, 6.07) is 22.8. The molecule has 1 aliphatic heterocycles. The molecule has 296 valence electrons. The number of quaternary nitrogens is 1. The number of carboxylic acids is 2. The summed E-state index contributed by atoms with van der Waals surface area (Å²) in [4.78, 5) is 36.1. The first kappa shape index (κ1) is 41.2. The van der Waals surface area contributed by atoms with Crippen molar-refractivity contribution in [3.05, 3.63) is 108 Å². The molecule has 3 N–H and O–H groups in total. The molecule has 1 amide bonds. The molecule has 1 saturated carbocycles. The summed E-state index contributed by atoms with van der Waals surface area (Å²) >= 11 is 0. The number of carbonyl (C=O) groups is 3. The van der Waals surface area contributed by atoms with Crippen molar-refractivity contribution >= 4 is 34.9 Å². The average Bonchev–Trinajstić information content (AvgIpc) is 3.79. The minimum absolute atomic E-state index is 0.0380. The second-order valence-electron chi connectivity index (χ2n) is 14.2. The minimum Gasteiger partial charge on any atom is -0.494 e. The number of nitrogens with zero attached hydrogens (tertiary/aromatic N) is 5. The predicted octanol–water partition coefficient (Wildman–Crippen LogP) is 7.85. The predicted molar refractivity (Wildman–Crippen MR) is 218 cm³/mol. The Morgan fingerprint density at radius 1 is 0.929 bits per heavy atom. The lowest BCUT2D eigenvalue weighted by Gasteiger charge is -2.31. The van der Waals surface area contributed by atoms with Gasteiger partial charge in [0.25, 0.3) is 5.91 Å². The topological polar surface area (TPSA) is 156 Å². The molecule has 1 aliphatic carbocycles. The van der Waals surface area contributed by atoms with Gasteiger partial charge in [0.2, 0.25) is 11.4 Å². The van der Waals surface area contributed by atoms with Crippen molar-refractivity contribution in [2.75, 3.05) is 39.7 Å². The van der Waals surface area contributed by atoms with Crippen LogP contribution < -0.4 is 19.4 Å². The van der Waals surface area contributed by atoms with Crippen LogP contribution in [-0.2, 0) is 9.59 Å². The number of hydrogen-bond donors (Lipinski definition) is 3. The number of methoxy groups -OCH3 is 2. The van der Waals surface area contributed by atoms with Gasteiger partial charge >= 0.3 is 11.9 Å². The normalized spacial score (nSPS) is 17.1. The number of benzene rings is 3. The Bertz CT molecular complexity index is 2070. The van der Waals surface area contributed by atoms with E-state index in [1.807, 2.05) is 78.5 Å². The molecular formula is C43H53N6O7+. The minimum atomic E-state index is -1.00. The number of ether oxygens (including phenoxy) is 2. The number of carbonyl (C=O) groups excluding carboxylic acids is 1. The van der Waals surface area contributed by atoms with Gasteiger partial charge in [0.05, 0.1) is 32.4 Å². The van der Waals surface area contributed by atoms with Crippen molar-refractivity contribution in [1.82, 2.24) is 19.3 Å². The summed E-state index contributed by atoms with van der Waals surface area (Å²) in [5.74, 6) is -0.190. The third kappa shape index (κ3) is 9.46. The molecule has 4 aromatic rings. The van der Waals surface area contributed by atoms with Gasteiger partial charge in [-0.3, -0.25) is 9.59 Å². The highest BCUT2D eigenvalue weighted by atomic mass is 16.5. The van der Waals surface area contributed by atoms with Crippen LogP contribution in [0.5, 0.6) is 11.5 Å². The summed E-state index contributed by atoms with van der Waals surface area (Å²) in [6.07, 6.45) is 9.81. The van der Waals surface area contributed by atoms with Gasteiger partial charge < -0.3 is 29.9 Å². The van der Waals surface area contributed by atoms with Gasteiger partial charge in [-0.1, -0.05) is 48.6 Å². The second-order valence-corrected chi connectivity index (χ2v) is 14.2.